The highest BCUT2D eigenvalue weighted by atomic mass is 16.2. The van der Waals surface area contributed by atoms with E-state index in [0.29, 0.717) is 12.0 Å². The van der Waals surface area contributed by atoms with Crippen LogP contribution in [0.3, 0.4) is 0 Å². The molecule has 4 nitrogen and oxygen atoms in total. The van der Waals surface area contributed by atoms with E-state index >= 15 is 0 Å². The quantitative estimate of drug-likeness (QED) is 0.777. The molecule has 0 atom stereocenters. The summed E-state index contributed by atoms with van der Waals surface area (Å²) >= 11 is 0. The van der Waals surface area contributed by atoms with Gasteiger partial charge in [0.05, 0.1) is 6.42 Å². The Hall–Kier alpha value is -3.14. The van der Waals surface area contributed by atoms with Crippen molar-refractivity contribution >= 4 is 34.0 Å². The van der Waals surface area contributed by atoms with E-state index in [-0.39, 0.29) is 11.8 Å². The first-order valence-electron chi connectivity index (χ1n) is 7.43. The van der Waals surface area contributed by atoms with Crippen molar-refractivity contribution in [1.29, 1.82) is 0 Å². The second kappa shape index (κ2) is 5.25. The highest BCUT2D eigenvalue weighted by molar-refractivity contribution is 6.26. The van der Waals surface area contributed by atoms with Gasteiger partial charge in [-0.2, -0.15) is 0 Å². The molecule has 4 rings (SSSR count). The topological polar surface area (TPSA) is 58.2 Å². The summed E-state index contributed by atoms with van der Waals surface area (Å²) in [4.78, 5) is 24.2. The average Bonchev–Trinajstić information content (AvgIpc) is 2.89. The first kappa shape index (κ1) is 13.5. The summed E-state index contributed by atoms with van der Waals surface area (Å²) < 4.78 is 0. The van der Waals surface area contributed by atoms with Crippen molar-refractivity contribution < 1.29 is 9.59 Å². The van der Waals surface area contributed by atoms with Crippen LogP contribution in [-0.2, 0) is 11.2 Å². The highest BCUT2D eigenvalue weighted by Crippen LogP contribution is 2.36. The Morgan fingerprint density at radius 1 is 0.957 bits per heavy atom. The minimum atomic E-state index is -0.0987. The molecule has 0 spiro atoms. The largest absolute Gasteiger partial charge is 0.325 e. The second-order valence-corrected chi connectivity index (χ2v) is 5.55. The van der Waals surface area contributed by atoms with Gasteiger partial charge in [0, 0.05) is 27.7 Å². The summed E-state index contributed by atoms with van der Waals surface area (Å²) in [7, 11) is 0. The predicted octanol–water partition coefficient (Wildman–Crippen LogP) is 3.59. The number of anilines is 2. The molecule has 112 valence electrons. The summed E-state index contributed by atoms with van der Waals surface area (Å²) in [5.41, 5.74) is 3.13. The Kier molecular flexibility index (Phi) is 3.08. The molecule has 0 radical (unpaired) electrons. The van der Waals surface area contributed by atoms with Crippen LogP contribution in [0.15, 0.2) is 60.7 Å². The maximum absolute atomic E-state index is 12.3. The van der Waals surface area contributed by atoms with Crippen molar-refractivity contribution in [3.63, 3.8) is 0 Å². The SMILES string of the molecule is O=C(Cc1ccccc1)Nc1ccc2c3c(cccc13)C(=O)N2. The zero-order valence-corrected chi connectivity index (χ0v) is 12.3. The van der Waals surface area contributed by atoms with Gasteiger partial charge in [-0.15, -0.1) is 0 Å². The van der Waals surface area contributed by atoms with Gasteiger partial charge in [0.2, 0.25) is 5.91 Å². The number of carbonyl (C=O) groups excluding carboxylic acids is 2. The first-order valence-corrected chi connectivity index (χ1v) is 7.43. The lowest BCUT2D eigenvalue weighted by molar-refractivity contribution is -0.115. The molecule has 0 fully saturated rings. The Bertz CT molecular complexity index is 933. The first-order chi connectivity index (χ1) is 11.2. The smallest absolute Gasteiger partial charge is 0.256 e. The molecule has 0 bridgehead atoms. The molecule has 0 saturated heterocycles. The molecule has 2 amide bonds. The van der Waals surface area contributed by atoms with Crippen molar-refractivity contribution in [2.45, 2.75) is 6.42 Å². The molecule has 23 heavy (non-hydrogen) atoms. The Balaban J connectivity index is 1.67. The van der Waals surface area contributed by atoms with Gasteiger partial charge in [0.15, 0.2) is 0 Å². The van der Waals surface area contributed by atoms with Crippen molar-refractivity contribution in [2.24, 2.45) is 0 Å². The van der Waals surface area contributed by atoms with Gasteiger partial charge in [-0.1, -0.05) is 42.5 Å². The van der Waals surface area contributed by atoms with E-state index in [1.54, 1.807) is 6.07 Å². The molecule has 0 aromatic heterocycles. The zero-order valence-electron chi connectivity index (χ0n) is 12.3. The zero-order chi connectivity index (χ0) is 15.8. The van der Waals surface area contributed by atoms with E-state index < -0.39 is 0 Å². The van der Waals surface area contributed by atoms with Gasteiger partial charge in [0.25, 0.3) is 5.91 Å². The number of hydrogen-bond acceptors (Lipinski definition) is 2. The predicted molar refractivity (Wildman–Crippen MR) is 90.7 cm³/mol. The van der Waals surface area contributed by atoms with Crippen molar-refractivity contribution in [3.05, 3.63) is 71.8 Å². The van der Waals surface area contributed by atoms with Crippen LogP contribution >= 0.6 is 0 Å². The summed E-state index contributed by atoms with van der Waals surface area (Å²) in [6, 6.07) is 18.8. The van der Waals surface area contributed by atoms with Crippen molar-refractivity contribution in [2.75, 3.05) is 10.6 Å². The maximum Gasteiger partial charge on any atom is 0.256 e. The Morgan fingerprint density at radius 3 is 2.61 bits per heavy atom. The van der Waals surface area contributed by atoms with Gasteiger partial charge < -0.3 is 10.6 Å². The fourth-order valence-corrected chi connectivity index (χ4v) is 2.97. The molecule has 1 heterocycles. The maximum atomic E-state index is 12.3. The van der Waals surface area contributed by atoms with E-state index in [1.165, 1.54) is 0 Å². The molecular formula is C19H14N2O2. The van der Waals surface area contributed by atoms with Crippen LogP contribution < -0.4 is 10.6 Å². The van der Waals surface area contributed by atoms with E-state index in [2.05, 4.69) is 10.6 Å². The molecule has 0 aliphatic carbocycles. The van der Waals surface area contributed by atoms with Gasteiger partial charge in [-0.05, 0) is 23.8 Å². The number of rotatable bonds is 3. The van der Waals surface area contributed by atoms with Crippen molar-refractivity contribution in [1.82, 2.24) is 0 Å². The van der Waals surface area contributed by atoms with Crippen LogP contribution in [0.5, 0.6) is 0 Å². The number of hydrogen-bond donors (Lipinski definition) is 2. The van der Waals surface area contributed by atoms with Gasteiger partial charge in [0.1, 0.15) is 0 Å². The second-order valence-electron chi connectivity index (χ2n) is 5.55. The summed E-state index contributed by atoms with van der Waals surface area (Å²) in [6.45, 7) is 0. The molecule has 2 N–H and O–H groups in total. The summed E-state index contributed by atoms with van der Waals surface area (Å²) in [5, 5.41) is 7.54. The lowest BCUT2D eigenvalue weighted by atomic mass is 10.0. The fraction of sp³-hybridized carbons (Fsp3) is 0.0526. The third-order valence-corrected chi connectivity index (χ3v) is 4.02. The Labute approximate surface area is 133 Å². The van der Waals surface area contributed by atoms with Crippen LogP contribution in [0.25, 0.3) is 10.8 Å². The van der Waals surface area contributed by atoms with Crippen LogP contribution in [0.1, 0.15) is 15.9 Å². The molecule has 3 aromatic carbocycles. The summed E-state index contributed by atoms with van der Waals surface area (Å²) in [6.07, 6.45) is 0.320. The van der Waals surface area contributed by atoms with Gasteiger partial charge in [-0.3, -0.25) is 9.59 Å². The highest BCUT2D eigenvalue weighted by Gasteiger charge is 2.22. The molecule has 0 saturated carbocycles. The lowest BCUT2D eigenvalue weighted by Crippen LogP contribution is -2.14. The molecule has 4 heteroatoms. The standard InChI is InChI=1S/C19H14N2O2/c22-17(11-12-5-2-1-3-6-12)20-15-9-10-16-18-13(15)7-4-8-14(18)19(23)21-16/h1-10H,11H2,(H,20,22)(H,21,23). The Morgan fingerprint density at radius 2 is 1.78 bits per heavy atom. The molecule has 1 aliphatic rings. The number of benzene rings is 3. The van der Waals surface area contributed by atoms with E-state index in [9.17, 15) is 9.59 Å². The van der Waals surface area contributed by atoms with Crippen molar-refractivity contribution in [3.8, 4) is 0 Å². The number of nitrogens with one attached hydrogen (secondary N) is 2. The minimum Gasteiger partial charge on any atom is -0.325 e. The third kappa shape index (κ3) is 2.34. The van der Waals surface area contributed by atoms with Gasteiger partial charge >= 0.3 is 0 Å². The monoisotopic (exact) mass is 302 g/mol. The lowest BCUT2D eigenvalue weighted by Gasteiger charge is -2.10. The molecule has 1 aliphatic heterocycles. The van der Waals surface area contributed by atoms with E-state index in [0.717, 1.165) is 27.7 Å². The average molecular weight is 302 g/mol. The summed E-state index contributed by atoms with van der Waals surface area (Å²) in [5.74, 6) is -0.174. The van der Waals surface area contributed by atoms with Gasteiger partial charge in [-0.25, -0.2) is 0 Å². The normalized spacial score (nSPS) is 12.3. The number of carbonyl (C=O) groups is 2. The number of amides is 2. The van der Waals surface area contributed by atoms with E-state index in [1.807, 2.05) is 54.6 Å². The van der Waals surface area contributed by atoms with E-state index in [4.69, 9.17) is 0 Å². The molecular weight excluding hydrogens is 288 g/mol. The fourth-order valence-electron chi connectivity index (χ4n) is 2.97. The third-order valence-electron chi connectivity index (χ3n) is 4.02. The van der Waals surface area contributed by atoms with Crippen LogP contribution in [-0.4, -0.2) is 11.8 Å². The van der Waals surface area contributed by atoms with Crippen LogP contribution in [0, 0.1) is 0 Å². The van der Waals surface area contributed by atoms with Crippen LogP contribution in [0.4, 0.5) is 11.4 Å². The van der Waals surface area contributed by atoms with Crippen LogP contribution in [0.2, 0.25) is 0 Å². The minimum absolute atomic E-state index is 0.0748. The molecule has 3 aromatic rings. The molecule has 0 unspecified atom stereocenters.